The molecule has 0 aliphatic rings. The van der Waals surface area contributed by atoms with Crippen LogP contribution in [-0.2, 0) is 11.2 Å². The van der Waals surface area contributed by atoms with Crippen molar-refractivity contribution in [2.45, 2.75) is 32.7 Å². The Labute approximate surface area is 126 Å². The molecule has 3 N–H and O–H groups in total. The lowest BCUT2D eigenvalue weighted by molar-refractivity contribution is -0.121. The summed E-state index contributed by atoms with van der Waals surface area (Å²) in [4.78, 5) is 12.0. The molecule has 110 valence electrons. The maximum atomic E-state index is 12.0. The van der Waals surface area contributed by atoms with Crippen molar-refractivity contribution in [1.82, 2.24) is 5.32 Å². The van der Waals surface area contributed by atoms with Gasteiger partial charge in [-0.15, -0.1) is 0 Å². The van der Waals surface area contributed by atoms with Gasteiger partial charge in [-0.05, 0) is 43.5 Å². The summed E-state index contributed by atoms with van der Waals surface area (Å²) in [5.41, 5.74) is 9.86. The molecular weight excluding hydrogens is 260 g/mol. The summed E-state index contributed by atoms with van der Waals surface area (Å²) < 4.78 is 0. The van der Waals surface area contributed by atoms with Gasteiger partial charge in [0.1, 0.15) is 0 Å². The molecule has 0 aromatic heterocycles. The Bertz CT molecular complexity index is 605. The van der Waals surface area contributed by atoms with Gasteiger partial charge >= 0.3 is 0 Å². The molecule has 0 heterocycles. The van der Waals surface area contributed by atoms with E-state index in [9.17, 15) is 4.79 Å². The largest absolute Gasteiger partial charge is 0.399 e. The fourth-order valence-electron chi connectivity index (χ4n) is 2.28. The third-order valence-corrected chi connectivity index (χ3v) is 3.54. The van der Waals surface area contributed by atoms with E-state index >= 15 is 0 Å². The summed E-state index contributed by atoms with van der Waals surface area (Å²) >= 11 is 0. The van der Waals surface area contributed by atoms with Crippen molar-refractivity contribution in [3.8, 4) is 0 Å². The standard InChI is InChI=1S/C18H22N2O/c1-13-4-3-5-16(12-13)14(2)20-18(21)11-8-15-6-9-17(19)10-7-15/h3-7,9-10,12,14H,8,11,19H2,1-2H3,(H,20,21)/t14-/m1/s1. The Morgan fingerprint density at radius 3 is 2.57 bits per heavy atom. The van der Waals surface area contributed by atoms with Crippen molar-refractivity contribution in [1.29, 1.82) is 0 Å². The Morgan fingerprint density at radius 1 is 1.19 bits per heavy atom. The number of amides is 1. The number of aryl methyl sites for hydroxylation is 2. The lowest BCUT2D eigenvalue weighted by Gasteiger charge is -2.15. The number of hydrogen-bond donors (Lipinski definition) is 2. The minimum Gasteiger partial charge on any atom is -0.399 e. The number of carbonyl (C=O) groups excluding carboxylic acids is 1. The first-order chi connectivity index (χ1) is 10.0. The van der Waals surface area contributed by atoms with E-state index in [-0.39, 0.29) is 11.9 Å². The van der Waals surface area contributed by atoms with Crippen LogP contribution >= 0.6 is 0 Å². The summed E-state index contributed by atoms with van der Waals surface area (Å²) in [6, 6.07) is 15.9. The third kappa shape index (κ3) is 4.63. The van der Waals surface area contributed by atoms with Crippen LogP contribution in [0.3, 0.4) is 0 Å². The van der Waals surface area contributed by atoms with Gasteiger partial charge in [-0.2, -0.15) is 0 Å². The minimum absolute atomic E-state index is 0.0313. The second-order valence-electron chi connectivity index (χ2n) is 5.44. The van der Waals surface area contributed by atoms with Gasteiger partial charge in [0, 0.05) is 12.1 Å². The maximum absolute atomic E-state index is 12.0. The van der Waals surface area contributed by atoms with Crippen LogP contribution in [0.5, 0.6) is 0 Å². The number of hydrogen-bond acceptors (Lipinski definition) is 2. The van der Waals surface area contributed by atoms with Gasteiger partial charge in [0.05, 0.1) is 6.04 Å². The molecule has 0 saturated heterocycles. The van der Waals surface area contributed by atoms with E-state index in [2.05, 4.69) is 24.4 Å². The lowest BCUT2D eigenvalue weighted by Crippen LogP contribution is -2.26. The SMILES string of the molecule is Cc1cccc([C@@H](C)NC(=O)CCc2ccc(N)cc2)c1. The van der Waals surface area contributed by atoms with E-state index in [4.69, 9.17) is 5.73 Å². The van der Waals surface area contributed by atoms with Gasteiger partial charge in [-0.3, -0.25) is 4.79 Å². The fourth-order valence-corrected chi connectivity index (χ4v) is 2.28. The number of carbonyl (C=O) groups is 1. The molecule has 3 heteroatoms. The Hall–Kier alpha value is -2.29. The molecule has 2 rings (SSSR count). The molecule has 2 aromatic rings. The highest BCUT2D eigenvalue weighted by Crippen LogP contribution is 2.14. The summed E-state index contributed by atoms with van der Waals surface area (Å²) in [5, 5.41) is 3.04. The fraction of sp³-hybridized carbons (Fsp3) is 0.278. The molecule has 1 atom stereocenters. The molecule has 0 bridgehead atoms. The van der Waals surface area contributed by atoms with Gasteiger partial charge in [-0.25, -0.2) is 0 Å². The molecule has 1 amide bonds. The second kappa shape index (κ2) is 6.93. The Balaban J connectivity index is 1.85. The molecular formula is C18H22N2O. The molecule has 0 spiro atoms. The summed E-state index contributed by atoms with van der Waals surface area (Å²) in [6.45, 7) is 4.06. The van der Waals surface area contributed by atoms with E-state index in [1.165, 1.54) is 5.56 Å². The molecule has 0 unspecified atom stereocenters. The number of benzene rings is 2. The number of rotatable bonds is 5. The minimum atomic E-state index is 0.0313. The number of nitrogen functional groups attached to an aromatic ring is 1. The second-order valence-corrected chi connectivity index (χ2v) is 5.44. The topological polar surface area (TPSA) is 55.1 Å². The molecule has 21 heavy (non-hydrogen) atoms. The monoisotopic (exact) mass is 282 g/mol. The molecule has 0 saturated carbocycles. The van der Waals surface area contributed by atoms with Crippen LogP contribution in [0.4, 0.5) is 5.69 Å². The highest BCUT2D eigenvalue weighted by atomic mass is 16.1. The molecule has 0 aliphatic heterocycles. The smallest absolute Gasteiger partial charge is 0.220 e. The van der Waals surface area contributed by atoms with Crippen molar-refractivity contribution in [3.05, 3.63) is 65.2 Å². The highest BCUT2D eigenvalue weighted by Gasteiger charge is 2.09. The van der Waals surface area contributed by atoms with E-state index in [1.807, 2.05) is 43.3 Å². The average Bonchev–Trinajstić information content (AvgIpc) is 2.46. The zero-order valence-corrected chi connectivity index (χ0v) is 12.6. The van der Waals surface area contributed by atoms with E-state index in [0.29, 0.717) is 6.42 Å². The third-order valence-electron chi connectivity index (χ3n) is 3.54. The van der Waals surface area contributed by atoms with Crippen LogP contribution in [0.1, 0.15) is 36.1 Å². The maximum Gasteiger partial charge on any atom is 0.220 e. The predicted molar refractivity (Wildman–Crippen MR) is 86.9 cm³/mol. The molecule has 0 fully saturated rings. The lowest BCUT2D eigenvalue weighted by atomic mass is 10.1. The molecule has 3 nitrogen and oxygen atoms in total. The van der Waals surface area contributed by atoms with Gasteiger partial charge in [0.25, 0.3) is 0 Å². The van der Waals surface area contributed by atoms with Crippen molar-refractivity contribution in [2.24, 2.45) is 0 Å². The van der Waals surface area contributed by atoms with Crippen LogP contribution < -0.4 is 11.1 Å². The van der Waals surface area contributed by atoms with Crippen LogP contribution in [0.15, 0.2) is 48.5 Å². The Kier molecular flexibility index (Phi) is 4.99. The van der Waals surface area contributed by atoms with Gasteiger partial charge in [-0.1, -0.05) is 42.0 Å². The van der Waals surface area contributed by atoms with Crippen LogP contribution in [-0.4, -0.2) is 5.91 Å². The van der Waals surface area contributed by atoms with Crippen LogP contribution in [0.2, 0.25) is 0 Å². The highest BCUT2D eigenvalue weighted by molar-refractivity contribution is 5.76. The Morgan fingerprint density at radius 2 is 1.90 bits per heavy atom. The zero-order chi connectivity index (χ0) is 15.2. The molecule has 0 aliphatic carbocycles. The van der Waals surface area contributed by atoms with Crippen molar-refractivity contribution in [2.75, 3.05) is 5.73 Å². The predicted octanol–water partition coefficient (Wildman–Crippen LogP) is 3.39. The van der Waals surface area contributed by atoms with Crippen molar-refractivity contribution in [3.63, 3.8) is 0 Å². The molecule has 2 aromatic carbocycles. The van der Waals surface area contributed by atoms with E-state index in [0.717, 1.165) is 23.2 Å². The summed E-state index contributed by atoms with van der Waals surface area (Å²) in [7, 11) is 0. The van der Waals surface area contributed by atoms with E-state index in [1.54, 1.807) is 0 Å². The first kappa shape index (κ1) is 15.1. The van der Waals surface area contributed by atoms with Gasteiger partial charge in [0.2, 0.25) is 5.91 Å². The van der Waals surface area contributed by atoms with E-state index < -0.39 is 0 Å². The normalized spacial score (nSPS) is 11.9. The van der Waals surface area contributed by atoms with Crippen LogP contribution in [0, 0.1) is 6.92 Å². The number of nitrogens with two attached hydrogens (primary N) is 1. The van der Waals surface area contributed by atoms with Gasteiger partial charge < -0.3 is 11.1 Å². The quantitative estimate of drug-likeness (QED) is 0.826. The first-order valence-electron chi connectivity index (χ1n) is 7.25. The zero-order valence-electron chi connectivity index (χ0n) is 12.6. The average molecular weight is 282 g/mol. The summed E-state index contributed by atoms with van der Waals surface area (Å²) in [5.74, 6) is 0.0702. The van der Waals surface area contributed by atoms with Crippen molar-refractivity contribution >= 4 is 11.6 Å². The number of anilines is 1. The van der Waals surface area contributed by atoms with Crippen LogP contribution in [0.25, 0.3) is 0 Å². The first-order valence-corrected chi connectivity index (χ1v) is 7.25. The summed E-state index contributed by atoms with van der Waals surface area (Å²) in [6.07, 6.45) is 1.22. The molecule has 0 radical (unpaired) electrons. The number of nitrogens with one attached hydrogen (secondary N) is 1. The van der Waals surface area contributed by atoms with Gasteiger partial charge in [0.15, 0.2) is 0 Å². The van der Waals surface area contributed by atoms with Crippen molar-refractivity contribution < 1.29 is 4.79 Å².